The van der Waals surface area contributed by atoms with Crippen LogP contribution in [0.1, 0.15) is 55.0 Å². The van der Waals surface area contributed by atoms with Crippen LogP contribution in [0, 0.1) is 6.92 Å². The maximum Gasteiger partial charge on any atom is 0.240 e. The molecule has 0 saturated heterocycles. The normalized spacial score (nSPS) is 17.2. The Labute approximate surface area is 169 Å². The number of thiazole rings is 1. The number of nitrogens with one attached hydrogen (secondary N) is 1. The van der Waals surface area contributed by atoms with E-state index in [1.165, 1.54) is 0 Å². The topological polar surface area (TPSA) is 68.0 Å². The molecule has 1 aliphatic rings. The monoisotopic (exact) mass is 413 g/mol. The summed E-state index contributed by atoms with van der Waals surface area (Å²) in [5, 5.41) is 4.68. The van der Waals surface area contributed by atoms with Crippen molar-refractivity contribution in [1.29, 1.82) is 0 Å². The molecule has 1 amide bonds. The quantitative estimate of drug-likeness (QED) is 0.737. The summed E-state index contributed by atoms with van der Waals surface area (Å²) in [6, 6.07) is 7.51. The average molecular weight is 414 g/mol. The van der Waals surface area contributed by atoms with E-state index < -0.39 is 5.54 Å². The highest BCUT2D eigenvalue weighted by Crippen LogP contribution is 2.32. The van der Waals surface area contributed by atoms with Gasteiger partial charge in [-0.1, -0.05) is 43.0 Å². The summed E-state index contributed by atoms with van der Waals surface area (Å²) in [5.41, 5.74) is 7.58. The number of hydrogen-bond donors (Lipinski definition) is 2. The van der Waals surface area contributed by atoms with Gasteiger partial charge in [-0.2, -0.15) is 0 Å². The van der Waals surface area contributed by atoms with Gasteiger partial charge in [-0.3, -0.25) is 4.79 Å². The van der Waals surface area contributed by atoms with Crippen molar-refractivity contribution in [3.63, 3.8) is 0 Å². The second-order valence-corrected chi connectivity index (χ2v) is 8.55. The second-order valence-electron chi connectivity index (χ2n) is 6.88. The first-order chi connectivity index (χ1) is 11.9. The Hall–Kier alpha value is -1.14. The Morgan fingerprint density at radius 1 is 1.27 bits per heavy atom. The van der Waals surface area contributed by atoms with Gasteiger partial charge in [0.1, 0.15) is 5.01 Å². The van der Waals surface area contributed by atoms with Gasteiger partial charge in [0.05, 0.1) is 17.3 Å². The summed E-state index contributed by atoms with van der Waals surface area (Å²) in [6.45, 7) is 4.01. The molecule has 0 spiro atoms. The third-order valence-corrected chi connectivity index (χ3v) is 6.25. The van der Waals surface area contributed by atoms with Gasteiger partial charge < -0.3 is 11.1 Å². The third kappa shape index (κ3) is 4.58. The molecule has 3 rings (SSSR count). The van der Waals surface area contributed by atoms with Crippen molar-refractivity contribution in [2.24, 2.45) is 5.73 Å². The lowest BCUT2D eigenvalue weighted by Crippen LogP contribution is -2.55. The first-order valence-electron chi connectivity index (χ1n) is 8.72. The molecule has 1 heterocycles. The van der Waals surface area contributed by atoms with E-state index in [9.17, 15) is 4.79 Å². The number of amides is 1. The molecule has 1 saturated carbocycles. The maximum absolute atomic E-state index is 12.6. The molecule has 1 aliphatic carbocycles. The molecule has 1 aromatic carbocycles. The predicted molar refractivity (Wildman–Crippen MR) is 111 cm³/mol. The molecule has 26 heavy (non-hydrogen) atoms. The van der Waals surface area contributed by atoms with Gasteiger partial charge in [-0.05, 0) is 38.8 Å². The van der Waals surface area contributed by atoms with Gasteiger partial charge in [0.25, 0.3) is 0 Å². The van der Waals surface area contributed by atoms with Gasteiger partial charge in [0.15, 0.2) is 0 Å². The van der Waals surface area contributed by atoms with Crippen molar-refractivity contribution in [3.8, 4) is 11.3 Å². The Morgan fingerprint density at radius 2 is 1.88 bits per heavy atom. The predicted octanol–water partition coefficient (Wildman–Crippen LogP) is 5.03. The fourth-order valence-electron chi connectivity index (χ4n) is 3.29. The van der Waals surface area contributed by atoms with E-state index in [4.69, 9.17) is 22.3 Å². The number of rotatable bonds is 4. The van der Waals surface area contributed by atoms with Crippen LogP contribution in [0.3, 0.4) is 0 Å². The number of hydrogen-bond acceptors (Lipinski definition) is 4. The van der Waals surface area contributed by atoms with Gasteiger partial charge in [-0.25, -0.2) is 4.98 Å². The zero-order chi connectivity index (χ0) is 18.0. The maximum atomic E-state index is 12.6. The van der Waals surface area contributed by atoms with Crippen molar-refractivity contribution in [2.45, 2.75) is 57.5 Å². The standard InChI is InChI=1S/C19H24ClN3OS.ClH/c1-12(22-18(24)19(21)10-4-3-5-11-19)17-23-16(13(2)25-17)14-6-8-15(20)9-7-14;/h6-9,12H,3-5,10-11,21H2,1-2H3,(H,22,24);1H. The zero-order valence-electron chi connectivity index (χ0n) is 15.0. The van der Waals surface area contributed by atoms with E-state index in [2.05, 4.69) is 5.32 Å². The number of benzene rings is 1. The van der Waals surface area contributed by atoms with Crippen LogP contribution in [0.15, 0.2) is 24.3 Å². The van der Waals surface area contributed by atoms with E-state index >= 15 is 0 Å². The second kappa shape index (κ2) is 8.70. The molecule has 1 atom stereocenters. The SMILES string of the molecule is Cc1sc(C(C)NC(=O)C2(N)CCCCC2)nc1-c1ccc(Cl)cc1.Cl. The van der Waals surface area contributed by atoms with Gasteiger partial charge in [-0.15, -0.1) is 23.7 Å². The minimum absolute atomic E-state index is 0. The molecule has 1 unspecified atom stereocenters. The van der Waals surface area contributed by atoms with Crippen molar-refractivity contribution in [2.75, 3.05) is 0 Å². The number of nitrogens with two attached hydrogens (primary N) is 1. The highest BCUT2D eigenvalue weighted by Gasteiger charge is 2.36. The lowest BCUT2D eigenvalue weighted by molar-refractivity contribution is -0.128. The molecule has 0 bridgehead atoms. The lowest BCUT2D eigenvalue weighted by Gasteiger charge is -2.32. The summed E-state index contributed by atoms with van der Waals surface area (Å²) < 4.78 is 0. The Kier molecular flexibility index (Phi) is 7.08. The molecule has 142 valence electrons. The molecule has 4 nitrogen and oxygen atoms in total. The molecule has 1 fully saturated rings. The number of aromatic nitrogens is 1. The summed E-state index contributed by atoms with van der Waals surface area (Å²) in [7, 11) is 0. The van der Waals surface area contributed by atoms with Crippen molar-refractivity contribution in [3.05, 3.63) is 39.2 Å². The van der Waals surface area contributed by atoms with E-state index in [0.717, 1.165) is 53.2 Å². The molecule has 1 aromatic heterocycles. The largest absolute Gasteiger partial charge is 0.346 e. The zero-order valence-corrected chi connectivity index (χ0v) is 17.4. The summed E-state index contributed by atoms with van der Waals surface area (Å²) in [6.07, 6.45) is 4.74. The number of aryl methyl sites for hydroxylation is 1. The average Bonchev–Trinajstić information content (AvgIpc) is 2.98. The molecule has 2 aromatic rings. The van der Waals surface area contributed by atoms with Crippen molar-refractivity contribution < 1.29 is 4.79 Å². The molecule has 7 heteroatoms. The summed E-state index contributed by atoms with van der Waals surface area (Å²) >= 11 is 7.57. The van der Waals surface area contributed by atoms with Crippen LogP contribution in [0.2, 0.25) is 5.02 Å². The number of carbonyl (C=O) groups excluding carboxylic acids is 1. The summed E-state index contributed by atoms with van der Waals surface area (Å²) in [5.74, 6) is -0.0550. The minimum atomic E-state index is -0.724. The molecule has 3 N–H and O–H groups in total. The van der Waals surface area contributed by atoms with Crippen LogP contribution in [-0.2, 0) is 4.79 Å². The van der Waals surface area contributed by atoms with Crippen molar-refractivity contribution in [1.82, 2.24) is 10.3 Å². The summed E-state index contributed by atoms with van der Waals surface area (Å²) in [4.78, 5) is 18.5. The molecule has 0 radical (unpaired) electrons. The first kappa shape index (κ1) is 21.2. The lowest BCUT2D eigenvalue weighted by atomic mass is 9.82. The van der Waals surface area contributed by atoms with E-state index in [1.54, 1.807) is 11.3 Å². The van der Waals surface area contributed by atoms with Gasteiger partial charge in [0, 0.05) is 15.5 Å². The minimum Gasteiger partial charge on any atom is -0.346 e. The third-order valence-electron chi connectivity index (χ3n) is 4.85. The Balaban J connectivity index is 0.00000243. The van der Waals surface area contributed by atoms with Crippen LogP contribution in [0.5, 0.6) is 0 Å². The van der Waals surface area contributed by atoms with Crippen LogP contribution < -0.4 is 11.1 Å². The fourth-order valence-corrected chi connectivity index (χ4v) is 4.36. The van der Waals surface area contributed by atoms with Crippen LogP contribution in [-0.4, -0.2) is 16.4 Å². The van der Waals surface area contributed by atoms with Crippen LogP contribution in [0.25, 0.3) is 11.3 Å². The van der Waals surface area contributed by atoms with Gasteiger partial charge >= 0.3 is 0 Å². The van der Waals surface area contributed by atoms with E-state index in [1.807, 2.05) is 38.1 Å². The fraction of sp³-hybridized carbons (Fsp3) is 0.474. The number of carbonyl (C=O) groups is 1. The number of halogens is 2. The van der Waals surface area contributed by atoms with E-state index in [-0.39, 0.29) is 24.4 Å². The highest BCUT2D eigenvalue weighted by molar-refractivity contribution is 7.12. The molecular weight excluding hydrogens is 389 g/mol. The number of nitrogens with zero attached hydrogens (tertiary/aromatic N) is 1. The smallest absolute Gasteiger partial charge is 0.240 e. The Bertz CT molecular complexity index is 755. The van der Waals surface area contributed by atoms with Crippen LogP contribution >= 0.6 is 35.3 Å². The van der Waals surface area contributed by atoms with Crippen molar-refractivity contribution >= 4 is 41.3 Å². The highest BCUT2D eigenvalue weighted by atomic mass is 35.5. The molecular formula is C19H25Cl2N3OS. The first-order valence-corrected chi connectivity index (χ1v) is 9.91. The van der Waals surface area contributed by atoms with Crippen LogP contribution in [0.4, 0.5) is 0 Å². The van der Waals surface area contributed by atoms with E-state index in [0.29, 0.717) is 5.02 Å². The van der Waals surface area contributed by atoms with Gasteiger partial charge in [0.2, 0.25) is 5.91 Å². The molecule has 0 aliphatic heterocycles. The Morgan fingerprint density at radius 3 is 2.50 bits per heavy atom.